The summed E-state index contributed by atoms with van der Waals surface area (Å²) in [6.45, 7) is 1.31. The Balaban J connectivity index is 1.65. The molecule has 132 valence electrons. The van der Waals surface area contributed by atoms with Crippen LogP contribution in [-0.4, -0.2) is 47.8 Å². The van der Waals surface area contributed by atoms with Gasteiger partial charge in [0.2, 0.25) is 0 Å². The second-order valence-corrected chi connectivity index (χ2v) is 6.46. The number of carbonyl (C=O) groups is 2. The first-order valence-corrected chi connectivity index (χ1v) is 8.58. The van der Waals surface area contributed by atoms with Gasteiger partial charge in [0.25, 0.3) is 11.8 Å². The van der Waals surface area contributed by atoms with E-state index in [2.05, 4.69) is 0 Å². The van der Waals surface area contributed by atoms with E-state index < -0.39 is 17.6 Å². The zero-order valence-corrected chi connectivity index (χ0v) is 13.9. The number of hydrogen-bond donors (Lipinski definition) is 0. The molecule has 2 amide bonds. The Bertz CT molecular complexity index is 766. The van der Waals surface area contributed by atoms with Crippen LogP contribution in [0.3, 0.4) is 0 Å². The van der Waals surface area contributed by atoms with Crippen molar-refractivity contribution in [1.29, 1.82) is 0 Å². The lowest BCUT2D eigenvalue weighted by atomic mass is 10.1. The Morgan fingerprint density at radius 2 is 1.52 bits per heavy atom. The average Bonchev–Trinajstić information content (AvgIpc) is 3.15. The van der Waals surface area contributed by atoms with Crippen molar-refractivity contribution in [3.05, 3.63) is 57.8 Å². The Morgan fingerprint density at radius 1 is 0.920 bits per heavy atom. The molecule has 1 aromatic heterocycles. The van der Waals surface area contributed by atoms with Gasteiger partial charge in [-0.05, 0) is 29.6 Å². The van der Waals surface area contributed by atoms with Crippen LogP contribution in [0.4, 0.5) is 13.2 Å². The molecule has 1 saturated heterocycles. The third kappa shape index (κ3) is 3.84. The maximum absolute atomic E-state index is 12.8. The average molecular weight is 368 g/mol. The van der Waals surface area contributed by atoms with E-state index in [1.807, 2.05) is 5.38 Å². The molecule has 0 atom stereocenters. The highest BCUT2D eigenvalue weighted by molar-refractivity contribution is 7.08. The van der Waals surface area contributed by atoms with Crippen LogP contribution in [0.15, 0.2) is 41.1 Å². The smallest absolute Gasteiger partial charge is 0.335 e. The van der Waals surface area contributed by atoms with Crippen molar-refractivity contribution in [2.45, 2.75) is 6.18 Å². The number of amides is 2. The van der Waals surface area contributed by atoms with E-state index in [4.69, 9.17) is 0 Å². The number of halogens is 3. The summed E-state index contributed by atoms with van der Waals surface area (Å²) in [7, 11) is 0. The number of rotatable bonds is 2. The molecule has 0 aliphatic carbocycles. The molecule has 8 heteroatoms. The summed E-state index contributed by atoms with van der Waals surface area (Å²) >= 11 is 1.43. The van der Waals surface area contributed by atoms with E-state index in [9.17, 15) is 22.8 Å². The van der Waals surface area contributed by atoms with E-state index in [0.29, 0.717) is 31.7 Å². The molecule has 1 aromatic carbocycles. The van der Waals surface area contributed by atoms with Crippen LogP contribution in [0.25, 0.3) is 0 Å². The summed E-state index contributed by atoms with van der Waals surface area (Å²) in [6.07, 6.45) is -4.48. The first-order valence-electron chi connectivity index (χ1n) is 7.64. The number of thiophene rings is 1. The van der Waals surface area contributed by atoms with Gasteiger partial charge in [0.1, 0.15) is 0 Å². The minimum absolute atomic E-state index is 0.00689. The zero-order chi connectivity index (χ0) is 18.0. The SMILES string of the molecule is O=C(c1ccsc1)N1CCN(C(=O)c2cccc(C(F)(F)F)c2)CC1. The topological polar surface area (TPSA) is 40.6 Å². The molecule has 4 nitrogen and oxygen atoms in total. The maximum Gasteiger partial charge on any atom is 0.416 e. The highest BCUT2D eigenvalue weighted by atomic mass is 32.1. The van der Waals surface area contributed by atoms with Crippen molar-refractivity contribution in [3.63, 3.8) is 0 Å². The Kier molecular flexibility index (Phi) is 4.80. The molecular weight excluding hydrogens is 353 g/mol. The van der Waals surface area contributed by atoms with Crippen molar-refractivity contribution < 1.29 is 22.8 Å². The predicted octanol–water partition coefficient (Wildman–Crippen LogP) is 3.37. The summed E-state index contributed by atoms with van der Waals surface area (Å²) < 4.78 is 38.3. The van der Waals surface area contributed by atoms with Gasteiger partial charge in [0, 0.05) is 37.1 Å². The van der Waals surface area contributed by atoms with Gasteiger partial charge >= 0.3 is 6.18 Å². The first kappa shape index (κ1) is 17.5. The highest BCUT2D eigenvalue weighted by Crippen LogP contribution is 2.29. The molecule has 2 aromatic rings. The molecular formula is C17H15F3N2O2S. The molecule has 0 N–H and O–H groups in total. The van der Waals surface area contributed by atoms with Crippen LogP contribution < -0.4 is 0 Å². The van der Waals surface area contributed by atoms with Crippen molar-refractivity contribution >= 4 is 23.2 Å². The Labute approximate surface area is 146 Å². The van der Waals surface area contributed by atoms with Crippen molar-refractivity contribution in [2.24, 2.45) is 0 Å². The van der Waals surface area contributed by atoms with Gasteiger partial charge in [-0.2, -0.15) is 24.5 Å². The summed E-state index contributed by atoms with van der Waals surface area (Å²) in [5.41, 5.74) is -0.222. The van der Waals surface area contributed by atoms with Crippen molar-refractivity contribution in [2.75, 3.05) is 26.2 Å². The fraction of sp³-hybridized carbons (Fsp3) is 0.294. The molecule has 2 heterocycles. The lowest BCUT2D eigenvalue weighted by Gasteiger charge is -2.34. The summed E-state index contributed by atoms with van der Waals surface area (Å²) in [5.74, 6) is -0.541. The van der Waals surface area contributed by atoms with E-state index in [0.717, 1.165) is 12.1 Å². The van der Waals surface area contributed by atoms with Gasteiger partial charge in [0.15, 0.2) is 0 Å². The van der Waals surface area contributed by atoms with Crippen LogP contribution in [0.1, 0.15) is 26.3 Å². The normalized spacial score (nSPS) is 15.3. The van der Waals surface area contributed by atoms with Crippen LogP contribution in [0.2, 0.25) is 0 Å². The Hall–Kier alpha value is -2.35. The highest BCUT2D eigenvalue weighted by Gasteiger charge is 2.32. The van der Waals surface area contributed by atoms with Gasteiger partial charge in [-0.15, -0.1) is 0 Å². The van der Waals surface area contributed by atoms with Crippen LogP contribution in [0.5, 0.6) is 0 Å². The fourth-order valence-electron chi connectivity index (χ4n) is 2.69. The van der Waals surface area contributed by atoms with Gasteiger partial charge in [-0.3, -0.25) is 9.59 Å². The van der Waals surface area contributed by atoms with E-state index in [-0.39, 0.29) is 11.5 Å². The molecule has 3 rings (SSSR count). The van der Waals surface area contributed by atoms with Gasteiger partial charge < -0.3 is 9.80 Å². The lowest BCUT2D eigenvalue weighted by molar-refractivity contribution is -0.137. The third-order valence-corrected chi connectivity index (χ3v) is 4.74. The summed E-state index contributed by atoms with van der Waals surface area (Å²) in [6, 6.07) is 6.15. The molecule has 0 saturated carbocycles. The van der Waals surface area contributed by atoms with Crippen LogP contribution >= 0.6 is 11.3 Å². The summed E-state index contributed by atoms with van der Waals surface area (Å²) in [5, 5.41) is 3.59. The number of nitrogens with zero attached hydrogens (tertiary/aromatic N) is 2. The van der Waals surface area contributed by atoms with E-state index in [1.54, 1.807) is 16.3 Å². The quantitative estimate of drug-likeness (QED) is 0.816. The standard InChI is InChI=1S/C17H15F3N2O2S/c18-17(19,20)14-3-1-2-12(10-14)15(23)21-5-7-22(8-6-21)16(24)13-4-9-25-11-13/h1-4,9-11H,5-8H2. The van der Waals surface area contributed by atoms with E-state index >= 15 is 0 Å². The first-order chi connectivity index (χ1) is 11.9. The minimum Gasteiger partial charge on any atom is -0.335 e. The van der Waals surface area contributed by atoms with Crippen LogP contribution in [-0.2, 0) is 6.18 Å². The number of alkyl halides is 3. The molecule has 1 aliphatic rings. The second-order valence-electron chi connectivity index (χ2n) is 5.67. The molecule has 1 fully saturated rings. The molecule has 0 spiro atoms. The van der Waals surface area contributed by atoms with Gasteiger partial charge in [-0.25, -0.2) is 0 Å². The minimum atomic E-state index is -4.48. The number of carbonyl (C=O) groups excluding carboxylic acids is 2. The Morgan fingerprint density at radius 3 is 2.04 bits per heavy atom. The van der Waals surface area contributed by atoms with Crippen molar-refractivity contribution in [3.8, 4) is 0 Å². The molecule has 0 radical (unpaired) electrons. The fourth-order valence-corrected chi connectivity index (χ4v) is 3.32. The number of piperazine rings is 1. The molecule has 0 bridgehead atoms. The zero-order valence-electron chi connectivity index (χ0n) is 13.1. The number of hydrogen-bond acceptors (Lipinski definition) is 3. The maximum atomic E-state index is 12.8. The van der Waals surface area contributed by atoms with Gasteiger partial charge in [-0.1, -0.05) is 6.07 Å². The largest absolute Gasteiger partial charge is 0.416 e. The summed E-state index contributed by atoms with van der Waals surface area (Å²) in [4.78, 5) is 27.8. The number of benzene rings is 1. The van der Waals surface area contributed by atoms with E-state index in [1.165, 1.54) is 28.4 Å². The monoisotopic (exact) mass is 368 g/mol. The molecule has 1 aliphatic heterocycles. The predicted molar refractivity (Wildman–Crippen MR) is 87.6 cm³/mol. The molecule has 0 unspecified atom stereocenters. The van der Waals surface area contributed by atoms with Crippen LogP contribution in [0, 0.1) is 0 Å². The second kappa shape index (κ2) is 6.87. The molecule has 25 heavy (non-hydrogen) atoms. The van der Waals surface area contributed by atoms with Gasteiger partial charge in [0.05, 0.1) is 11.1 Å². The lowest BCUT2D eigenvalue weighted by Crippen LogP contribution is -2.50. The third-order valence-electron chi connectivity index (χ3n) is 4.06. The van der Waals surface area contributed by atoms with Crippen molar-refractivity contribution in [1.82, 2.24) is 9.80 Å².